The third kappa shape index (κ3) is 2.42. The van der Waals surface area contributed by atoms with E-state index in [0.717, 1.165) is 28.3 Å². The summed E-state index contributed by atoms with van der Waals surface area (Å²) in [5.74, 6) is 2.34. The predicted octanol–water partition coefficient (Wildman–Crippen LogP) is 3.45. The van der Waals surface area contributed by atoms with Crippen LogP contribution in [0.15, 0.2) is 24.5 Å². The molecule has 4 heteroatoms. The van der Waals surface area contributed by atoms with Crippen molar-refractivity contribution in [2.45, 2.75) is 39.2 Å². The first-order valence-electron chi connectivity index (χ1n) is 7.42. The fourth-order valence-corrected chi connectivity index (χ4v) is 3.15. The van der Waals surface area contributed by atoms with Crippen LogP contribution in [-0.4, -0.2) is 16.0 Å². The van der Waals surface area contributed by atoms with Crippen LogP contribution in [0.1, 0.15) is 33.1 Å². The van der Waals surface area contributed by atoms with E-state index in [2.05, 4.69) is 29.1 Å². The molecule has 0 saturated heterocycles. The minimum Gasteiger partial charge on any atom is -0.399 e. The highest BCUT2D eigenvalue weighted by atomic mass is 15.0. The molecule has 3 unspecified atom stereocenters. The van der Waals surface area contributed by atoms with E-state index < -0.39 is 0 Å². The molecule has 0 amide bonds. The number of hydrogen-bond acceptors (Lipinski definition) is 4. The number of nitrogen functional groups attached to an aromatic ring is 1. The molecule has 1 aromatic heterocycles. The quantitative estimate of drug-likeness (QED) is 0.820. The SMILES string of the molecule is CC1CCCC(Nc2ncnc3ccc(N)cc23)C1C. The molecule has 1 aliphatic carbocycles. The summed E-state index contributed by atoms with van der Waals surface area (Å²) in [5, 5.41) is 4.64. The molecule has 3 rings (SSSR count). The van der Waals surface area contributed by atoms with Crippen LogP contribution in [-0.2, 0) is 0 Å². The van der Waals surface area contributed by atoms with Crippen molar-refractivity contribution in [3.63, 3.8) is 0 Å². The van der Waals surface area contributed by atoms with Crippen LogP contribution in [0.4, 0.5) is 11.5 Å². The molecule has 4 nitrogen and oxygen atoms in total. The third-order valence-electron chi connectivity index (χ3n) is 4.69. The monoisotopic (exact) mass is 270 g/mol. The molecule has 1 heterocycles. The molecule has 3 atom stereocenters. The topological polar surface area (TPSA) is 63.8 Å². The van der Waals surface area contributed by atoms with Gasteiger partial charge in [0.1, 0.15) is 12.1 Å². The van der Waals surface area contributed by atoms with Gasteiger partial charge in [0.25, 0.3) is 0 Å². The molecule has 0 spiro atoms. The Morgan fingerprint density at radius 3 is 2.90 bits per heavy atom. The van der Waals surface area contributed by atoms with E-state index in [1.54, 1.807) is 6.33 Å². The van der Waals surface area contributed by atoms with Gasteiger partial charge in [-0.25, -0.2) is 9.97 Å². The van der Waals surface area contributed by atoms with Crippen molar-refractivity contribution in [1.29, 1.82) is 0 Å². The van der Waals surface area contributed by atoms with Gasteiger partial charge in [0.2, 0.25) is 0 Å². The molecular formula is C16H22N4. The number of aromatic nitrogens is 2. The Kier molecular flexibility index (Phi) is 3.47. The maximum absolute atomic E-state index is 5.89. The van der Waals surface area contributed by atoms with Crippen LogP contribution >= 0.6 is 0 Å². The van der Waals surface area contributed by atoms with Gasteiger partial charge in [0.05, 0.1) is 5.52 Å². The van der Waals surface area contributed by atoms with Crippen molar-refractivity contribution in [3.8, 4) is 0 Å². The van der Waals surface area contributed by atoms with Crippen LogP contribution < -0.4 is 11.1 Å². The van der Waals surface area contributed by atoms with Gasteiger partial charge in [0, 0.05) is 17.1 Å². The Labute approximate surface area is 119 Å². The van der Waals surface area contributed by atoms with E-state index in [1.807, 2.05) is 18.2 Å². The number of nitrogens with zero attached hydrogens (tertiary/aromatic N) is 2. The van der Waals surface area contributed by atoms with Crippen LogP contribution in [0.25, 0.3) is 10.9 Å². The lowest BCUT2D eigenvalue weighted by Gasteiger charge is -2.35. The highest BCUT2D eigenvalue weighted by Crippen LogP contribution is 2.32. The normalized spacial score (nSPS) is 26.6. The van der Waals surface area contributed by atoms with Gasteiger partial charge in [-0.1, -0.05) is 26.7 Å². The first-order valence-corrected chi connectivity index (χ1v) is 7.42. The summed E-state index contributed by atoms with van der Waals surface area (Å²) in [6, 6.07) is 6.27. The summed E-state index contributed by atoms with van der Waals surface area (Å²) in [4.78, 5) is 8.73. The van der Waals surface area contributed by atoms with Crippen molar-refractivity contribution >= 4 is 22.4 Å². The second-order valence-corrected chi connectivity index (χ2v) is 6.02. The zero-order valence-electron chi connectivity index (χ0n) is 12.1. The maximum atomic E-state index is 5.89. The molecule has 0 aliphatic heterocycles. The Morgan fingerprint density at radius 2 is 2.05 bits per heavy atom. The largest absolute Gasteiger partial charge is 0.399 e. The standard InChI is InChI=1S/C16H22N4/c1-10-4-3-5-14(11(10)2)20-16-13-8-12(17)6-7-15(13)18-9-19-16/h6-11,14H,3-5,17H2,1-2H3,(H,18,19,20). The van der Waals surface area contributed by atoms with Crippen LogP contribution in [0.3, 0.4) is 0 Å². The number of nitrogens with one attached hydrogen (secondary N) is 1. The summed E-state index contributed by atoms with van der Waals surface area (Å²) in [7, 11) is 0. The van der Waals surface area contributed by atoms with Crippen LogP contribution in [0.5, 0.6) is 0 Å². The van der Waals surface area contributed by atoms with Crippen molar-refractivity contribution in [1.82, 2.24) is 9.97 Å². The van der Waals surface area contributed by atoms with Gasteiger partial charge < -0.3 is 11.1 Å². The molecule has 3 N–H and O–H groups in total. The van der Waals surface area contributed by atoms with Gasteiger partial charge in [-0.3, -0.25) is 0 Å². The second kappa shape index (κ2) is 5.27. The Balaban J connectivity index is 1.92. The minimum atomic E-state index is 0.485. The molecule has 2 aromatic rings. The Morgan fingerprint density at radius 1 is 1.20 bits per heavy atom. The number of hydrogen-bond donors (Lipinski definition) is 2. The zero-order valence-corrected chi connectivity index (χ0v) is 12.1. The fourth-order valence-electron chi connectivity index (χ4n) is 3.15. The van der Waals surface area contributed by atoms with Crippen molar-refractivity contribution in [2.75, 3.05) is 11.1 Å². The van der Waals surface area contributed by atoms with Gasteiger partial charge in [-0.15, -0.1) is 0 Å². The molecule has 1 fully saturated rings. The smallest absolute Gasteiger partial charge is 0.137 e. The summed E-state index contributed by atoms with van der Waals surface area (Å²) < 4.78 is 0. The lowest BCUT2D eigenvalue weighted by atomic mass is 9.78. The van der Waals surface area contributed by atoms with Gasteiger partial charge in [-0.2, -0.15) is 0 Å². The van der Waals surface area contributed by atoms with Crippen molar-refractivity contribution in [3.05, 3.63) is 24.5 Å². The number of anilines is 2. The van der Waals surface area contributed by atoms with Gasteiger partial charge >= 0.3 is 0 Å². The molecule has 1 aliphatic rings. The minimum absolute atomic E-state index is 0.485. The molecular weight excluding hydrogens is 248 g/mol. The van der Waals surface area contributed by atoms with Crippen LogP contribution in [0, 0.1) is 11.8 Å². The fraction of sp³-hybridized carbons (Fsp3) is 0.500. The zero-order chi connectivity index (χ0) is 14.1. The lowest BCUT2D eigenvalue weighted by molar-refractivity contribution is 0.253. The van der Waals surface area contributed by atoms with Gasteiger partial charge in [-0.05, 0) is 36.5 Å². The summed E-state index contributed by atoms with van der Waals surface area (Å²) in [6.07, 6.45) is 5.45. The molecule has 106 valence electrons. The maximum Gasteiger partial charge on any atom is 0.137 e. The third-order valence-corrected chi connectivity index (χ3v) is 4.69. The van der Waals surface area contributed by atoms with E-state index in [-0.39, 0.29) is 0 Å². The molecule has 1 saturated carbocycles. The highest BCUT2D eigenvalue weighted by Gasteiger charge is 2.27. The van der Waals surface area contributed by atoms with E-state index in [9.17, 15) is 0 Å². The number of rotatable bonds is 2. The molecule has 0 bridgehead atoms. The summed E-state index contributed by atoms with van der Waals surface area (Å²) >= 11 is 0. The molecule has 1 aromatic carbocycles. The Bertz CT molecular complexity index is 610. The lowest BCUT2D eigenvalue weighted by Crippen LogP contribution is -2.35. The Hall–Kier alpha value is -1.84. The number of benzene rings is 1. The first-order chi connectivity index (χ1) is 9.65. The van der Waals surface area contributed by atoms with E-state index in [4.69, 9.17) is 5.73 Å². The van der Waals surface area contributed by atoms with Crippen molar-refractivity contribution < 1.29 is 0 Å². The summed E-state index contributed by atoms with van der Waals surface area (Å²) in [5.41, 5.74) is 7.58. The molecule has 0 radical (unpaired) electrons. The number of fused-ring (bicyclic) bond motifs is 1. The van der Waals surface area contributed by atoms with E-state index >= 15 is 0 Å². The summed E-state index contributed by atoms with van der Waals surface area (Å²) in [6.45, 7) is 4.67. The first kappa shape index (κ1) is 13.2. The van der Waals surface area contributed by atoms with E-state index in [0.29, 0.717) is 12.0 Å². The average molecular weight is 270 g/mol. The second-order valence-electron chi connectivity index (χ2n) is 6.02. The predicted molar refractivity (Wildman–Crippen MR) is 83.5 cm³/mol. The van der Waals surface area contributed by atoms with E-state index in [1.165, 1.54) is 19.3 Å². The average Bonchev–Trinajstić information content (AvgIpc) is 2.44. The molecule has 20 heavy (non-hydrogen) atoms. The number of nitrogens with two attached hydrogens (primary N) is 1. The van der Waals surface area contributed by atoms with Crippen LogP contribution in [0.2, 0.25) is 0 Å². The highest BCUT2D eigenvalue weighted by molar-refractivity contribution is 5.91. The van der Waals surface area contributed by atoms with Crippen molar-refractivity contribution in [2.24, 2.45) is 11.8 Å². The van der Waals surface area contributed by atoms with Gasteiger partial charge in [0.15, 0.2) is 0 Å².